The van der Waals surface area contributed by atoms with E-state index in [0.717, 1.165) is 16.6 Å². The van der Waals surface area contributed by atoms with Crippen molar-refractivity contribution in [3.05, 3.63) is 33.4 Å². The molecule has 0 aliphatic carbocycles. The molecule has 0 bridgehead atoms. The second-order valence-corrected chi connectivity index (χ2v) is 3.84. The van der Waals surface area contributed by atoms with Crippen LogP contribution in [0.1, 0.15) is 18.1 Å². The Balaban J connectivity index is 2.82. The first-order valence-electron chi connectivity index (χ1n) is 5.16. The molecule has 0 amide bonds. The van der Waals surface area contributed by atoms with E-state index in [1.54, 1.807) is 4.57 Å². The van der Waals surface area contributed by atoms with Crippen molar-refractivity contribution in [1.82, 2.24) is 9.55 Å². The van der Waals surface area contributed by atoms with Crippen LogP contribution in [0.5, 0.6) is 0 Å². The van der Waals surface area contributed by atoms with Gasteiger partial charge in [-0.1, -0.05) is 4.98 Å². The van der Waals surface area contributed by atoms with Crippen LogP contribution in [-0.2, 0) is 6.54 Å². The number of aryl methyl sites for hydroxylation is 3. The summed E-state index contributed by atoms with van der Waals surface area (Å²) in [5.41, 5.74) is 3.74. The molecule has 1 aromatic heterocycles. The van der Waals surface area contributed by atoms with Crippen LogP contribution < -0.4 is 0 Å². The normalized spacial score (nSPS) is 10.9. The fourth-order valence-corrected chi connectivity index (χ4v) is 1.82. The van der Waals surface area contributed by atoms with Crippen LogP contribution in [-0.4, -0.2) is 14.5 Å². The summed E-state index contributed by atoms with van der Waals surface area (Å²) < 4.78 is 1.63. The summed E-state index contributed by atoms with van der Waals surface area (Å²) in [6.07, 6.45) is 0. The highest BCUT2D eigenvalue weighted by Gasteiger charge is 2.20. The highest BCUT2D eigenvalue weighted by atomic mass is 16.6. The van der Waals surface area contributed by atoms with Crippen molar-refractivity contribution in [3.8, 4) is 0 Å². The van der Waals surface area contributed by atoms with Crippen LogP contribution >= 0.6 is 0 Å². The van der Waals surface area contributed by atoms with Gasteiger partial charge in [-0.25, -0.2) is 4.57 Å². The van der Waals surface area contributed by atoms with Crippen LogP contribution in [0.15, 0.2) is 12.1 Å². The Morgan fingerprint density at radius 1 is 1.38 bits per heavy atom. The molecule has 2 aromatic rings. The first-order valence-corrected chi connectivity index (χ1v) is 5.16. The number of fused-ring (bicyclic) bond motifs is 1. The average molecular weight is 219 g/mol. The third-order valence-electron chi connectivity index (χ3n) is 2.82. The molecular weight excluding hydrogens is 206 g/mol. The molecule has 0 aliphatic heterocycles. The summed E-state index contributed by atoms with van der Waals surface area (Å²) in [6.45, 7) is 6.40. The molecule has 2 rings (SSSR count). The highest BCUT2D eigenvalue weighted by Crippen LogP contribution is 2.24. The molecule has 84 valence electrons. The molecule has 1 aromatic carbocycles. The quantitative estimate of drug-likeness (QED) is 0.576. The predicted molar refractivity (Wildman–Crippen MR) is 61.5 cm³/mol. The van der Waals surface area contributed by atoms with Crippen molar-refractivity contribution < 1.29 is 4.92 Å². The number of nitrogens with zero attached hydrogens (tertiary/aromatic N) is 3. The number of rotatable bonds is 2. The predicted octanol–water partition coefficient (Wildman–Crippen LogP) is 2.58. The van der Waals surface area contributed by atoms with Crippen LogP contribution in [0.4, 0.5) is 5.95 Å². The topological polar surface area (TPSA) is 61.0 Å². The van der Waals surface area contributed by atoms with E-state index in [4.69, 9.17) is 0 Å². The van der Waals surface area contributed by atoms with Gasteiger partial charge in [-0.2, -0.15) is 0 Å². The van der Waals surface area contributed by atoms with Gasteiger partial charge in [0, 0.05) is 0 Å². The van der Waals surface area contributed by atoms with Crippen molar-refractivity contribution in [2.24, 2.45) is 0 Å². The number of hydrogen-bond acceptors (Lipinski definition) is 3. The second-order valence-electron chi connectivity index (χ2n) is 3.84. The lowest BCUT2D eigenvalue weighted by Gasteiger charge is -2.00. The molecule has 0 radical (unpaired) electrons. The minimum atomic E-state index is -0.436. The number of hydrogen-bond donors (Lipinski definition) is 0. The molecule has 1 heterocycles. The van der Waals surface area contributed by atoms with Gasteiger partial charge < -0.3 is 10.1 Å². The zero-order chi connectivity index (χ0) is 11.9. The van der Waals surface area contributed by atoms with Gasteiger partial charge in [-0.15, -0.1) is 0 Å². The summed E-state index contributed by atoms with van der Waals surface area (Å²) in [6, 6.07) is 3.85. The Hall–Kier alpha value is -1.91. The van der Waals surface area contributed by atoms with E-state index in [9.17, 15) is 10.1 Å². The molecule has 0 saturated heterocycles. The number of nitro groups is 1. The van der Waals surface area contributed by atoms with E-state index in [0.29, 0.717) is 12.1 Å². The highest BCUT2D eigenvalue weighted by molar-refractivity contribution is 5.79. The molecule has 5 heteroatoms. The van der Waals surface area contributed by atoms with Crippen molar-refractivity contribution in [2.75, 3.05) is 0 Å². The molecule has 0 aliphatic rings. The SMILES string of the molecule is CCn1c([N+](=O)[O-])nc2cc(C)c(C)cc21. The van der Waals surface area contributed by atoms with E-state index < -0.39 is 4.92 Å². The van der Waals surface area contributed by atoms with E-state index in [2.05, 4.69) is 4.98 Å². The third kappa shape index (κ3) is 1.44. The van der Waals surface area contributed by atoms with Crippen molar-refractivity contribution in [3.63, 3.8) is 0 Å². The fraction of sp³-hybridized carbons (Fsp3) is 0.364. The second kappa shape index (κ2) is 3.59. The zero-order valence-corrected chi connectivity index (χ0v) is 9.52. The smallest absolute Gasteiger partial charge is 0.390 e. The van der Waals surface area contributed by atoms with Gasteiger partial charge in [-0.05, 0) is 49.0 Å². The third-order valence-corrected chi connectivity index (χ3v) is 2.82. The fourth-order valence-electron chi connectivity index (χ4n) is 1.82. The number of aromatic nitrogens is 2. The van der Waals surface area contributed by atoms with Crippen LogP contribution in [0.2, 0.25) is 0 Å². The van der Waals surface area contributed by atoms with E-state index in [-0.39, 0.29) is 5.95 Å². The van der Waals surface area contributed by atoms with Gasteiger partial charge in [0.1, 0.15) is 5.52 Å². The zero-order valence-electron chi connectivity index (χ0n) is 9.52. The molecule has 0 atom stereocenters. The lowest BCUT2D eigenvalue weighted by atomic mass is 10.1. The maximum atomic E-state index is 10.8. The van der Waals surface area contributed by atoms with Crippen molar-refractivity contribution >= 4 is 17.0 Å². The van der Waals surface area contributed by atoms with E-state index in [1.165, 1.54) is 0 Å². The van der Waals surface area contributed by atoms with Crippen molar-refractivity contribution in [1.29, 1.82) is 0 Å². The molecular formula is C11H13N3O2. The summed E-state index contributed by atoms with van der Waals surface area (Å²) >= 11 is 0. The molecule has 5 nitrogen and oxygen atoms in total. The summed E-state index contributed by atoms with van der Waals surface area (Å²) in [5, 5.41) is 10.8. The Kier molecular flexibility index (Phi) is 2.38. The lowest BCUT2D eigenvalue weighted by Crippen LogP contribution is -2.01. The van der Waals surface area contributed by atoms with Crippen LogP contribution in [0.25, 0.3) is 11.0 Å². The minimum absolute atomic E-state index is 0.0810. The van der Waals surface area contributed by atoms with Crippen LogP contribution in [0.3, 0.4) is 0 Å². The number of imidazole rings is 1. The molecule has 0 spiro atoms. The molecule has 0 unspecified atom stereocenters. The Morgan fingerprint density at radius 2 is 2.00 bits per heavy atom. The largest absolute Gasteiger partial charge is 0.435 e. The minimum Gasteiger partial charge on any atom is -0.390 e. The molecule has 0 saturated carbocycles. The maximum Gasteiger partial charge on any atom is 0.435 e. The summed E-state index contributed by atoms with van der Waals surface area (Å²) in [4.78, 5) is 14.5. The molecule has 0 fully saturated rings. The molecule has 0 N–H and O–H groups in total. The summed E-state index contributed by atoms with van der Waals surface area (Å²) in [7, 11) is 0. The van der Waals surface area contributed by atoms with E-state index >= 15 is 0 Å². The first-order chi connectivity index (χ1) is 7.54. The van der Waals surface area contributed by atoms with Gasteiger partial charge in [0.15, 0.2) is 5.52 Å². The Bertz CT molecular complexity index is 572. The Labute approximate surface area is 92.9 Å². The van der Waals surface area contributed by atoms with Gasteiger partial charge in [-0.3, -0.25) is 0 Å². The lowest BCUT2D eigenvalue weighted by molar-refractivity contribution is -0.396. The standard InChI is InChI=1S/C11H13N3O2/c1-4-13-10-6-8(3)7(2)5-9(10)12-11(13)14(15)16/h5-6H,4H2,1-3H3. The van der Waals surface area contributed by atoms with Gasteiger partial charge >= 0.3 is 5.95 Å². The maximum absolute atomic E-state index is 10.8. The summed E-state index contributed by atoms with van der Waals surface area (Å²) in [5.74, 6) is -0.0810. The van der Waals surface area contributed by atoms with Gasteiger partial charge in [0.2, 0.25) is 0 Å². The average Bonchev–Trinajstić information content (AvgIpc) is 2.57. The Morgan fingerprint density at radius 3 is 2.56 bits per heavy atom. The van der Waals surface area contributed by atoms with Crippen LogP contribution in [0, 0.1) is 24.0 Å². The van der Waals surface area contributed by atoms with Gasteiger partial charge in [0.25, 0.3) is 0 Å². The number of benzene rings is 1. The van der Waals surface area contributed by atoms with Gasteiger partial charge in [0.05, 0.1) is 6.54 Å². The first kappa shape index (κ1) is 10.6. The van der Waals surface area contributed by atoms with Crippen molar-refractivity contribution in [2.45, 2.75) is 27.3 Å². The molecule has 16 heavy (non-hydrogen) atoms. The monoisotopic (exact) mass is 219 g/mol. The van der Waals surface area contributed by atoms with E-state index in [1.807, 2.05) is 32.9 Å².